The van der Waals surface area contributed by atoms with Crippen molar-refractivity contribution in [1.82, 2.24) is 19.8 Å². The standard InChI is InChI=1S/C23H20BrClN4O2S/c1-3-18-20(14-5-7-15(24)8-6-14)22-27-26-21(23(30)31-4-2)19(29(22)28-18)13-32-17-11-9-16(25)10-12-17/h5-12H,3-4,13H2,1-2H3. The Morgan fingerprint density at radius 1 is 1.09 bits per heavy atom. The highest BCUT2D eigenvalue weighted by molar-refractivity contribution is 9.10. The van der Waals surface area contributed by atoms with E-state index in [-0.39, 0.29) is 12.3 Å². The van der Waals surface area contributed by atoms with Gasteiger partial charge in [0.2, 0.25) is 0 Å². The molecule has 4 rings (SSSR count). The van der Waals surface area contributed by atoms with Crippen LogP contribution in [0.2, 0.25) is 5.02 Å². The van der Waals surface area contributed by atoms with Crippen LogP contribution < -0.4 is 0 Å². The SMILES string of the molecule is CCOC(=O)c1nnc2c(-c3ccc(Br)cc3)c(CC)nn2c1CSc1ccc(Cl)cc1. The second kappa shape index (κ2) is 10.0. The first-order chi connectivity index (χ1) is 15.5. The summed E-state index contributed by atoms with van der Waals surface area (Å²) >= 11 is 11.1. The Morgan fingerprint density at radius 3 is 2.47 bits per heavy atom. The van der Waals surface area contributed by atoms with Crippen molar-refractivity contribution in [2.24, 2.45) is 0 Å². The zero-order chi connectivity index (χ0) is 22.7. The average Bonchev–Trinajstić information content (AvgIpc) is 3.18. The number of rotatable bonds is 7. The summed E-state index contributed by atoms with van der Waals surface area (Å²) in [4.78, 5) is 13.7. The van der Waals surface area contributed by atoms with Gasteiger partial charge in [0.05, 0.1) is 23.6 Å². The highest BCUT2D eigenvalue weighted by atomic mass is 79.9. The number of ether oxygens (including phenoxy) is 1. The van der Waals surface area contributed by atoms with Gasteiger partial charge in [-0.1, -0.05) is 46.6 Å². The molecule has 2 aromatic heterocycles. The van der Waals surface area contributed by atoms with Crippen LogP contribution in [-0.2, 0) is 16.9 Å². The van der Waals surface area contributed by atoms with Crippen LogP contribution in [0.3, 0.4) is 0 Å². The number of halogens is 2. The number of aryl methyl sites for hydroxylation is 1. The first-order valence-corrected chi connectivity index (χ1v) is 12.3. The van der Waals surface area contributed by atoms with Crippen LogP contribution in [0.25, 0.3) is 16.8 Å². The van der Waals surface area contributed by atoms with E-state index in [0.717, 1.165) is 26.2 Å². The monoisotopic (exact) mass is 530 g/mol. The summed E-state index contributed by atoms with van der Waals surface area (Å²) in [6, 6.07) is 15.6. The summed E-state index contributed by atoms with van der Waals surface area (Å²) in [6.45, 7) is 4.07. The van der Waals surface area contributed by atoms with Crippen molar-refractivity contribution in [3.05, 3.63) is 75.1 Å². The minimum Gasteiger partial charge on any atom is -0.461 e. The fraction of sp³-hybridized carbons (Fsp3) is 0.217. The van der Waals surface area contributed by atoms with E-state index in [1.54, 1.807) is 23.2 Å². The summed E-state index contributed by atoms with van der Waals surface area (Å²) in [5.41, 5.74) is 4.24. The molecule has 2 heterocycles. The Hall–Kier alpha value is -2.42. The molecule has 0 N–H and O–H groups in total. The van der Waals surface area contributed by atoms with Crippen LogP contribution in [0.5, 0.6) is 0 Å². The van der Waals surface area contributed by atoms with E-state index < -0.39 is 5.97 Å². The molecule has 2 aromatic carbocycles. The van der Waals surface area contributed by atoms with Gasteiger partial charge in [0, 0.05) is 20.1 Å². The van der Waals surface area contributed by atoms with E-state index in [9.17, 15) is 4.79 Å². The second-order valence-corrected chi connectivity index (χ2v) is 9.28. The van der Waals surface area contributed by atoms with Crippen molar-refractivity contribution < 1.29 is 9.53 Å². The van der Waals surface area contributed by atoms with Crippen LogP contribution in [0.15, 0.2) is 57.9 Å². The van der Waals surface area contributed by atoms with Crippen LogP contribution in [0.4, 0.5) is 0 Å². The Labute approximate surface area is 203 Å². The smallest absolute Gasteiger partial charge is 0.360 e. The van der Waals surface area contributed by atoms with Gasteiger partial charge in [-0.05, 0) is 55.3 Å². The number of nitrogens with zero attached hydrogens (tertiary/aromatic N) is 4. The van der Waals surface area contributed by atoms with Crippen molar-refractivity contribution in [2.75, 3.05) is 6.61 Å². The van der Waals surface area contributed by atoms with E-state index >= 15 is 0 Å². The zero-order valence-electron chi connectivity index (χ0n) is 17.5. The third-order valence-corrected chi connectivity index (χ3v) is 6.64. The molecule has 0 spiro atoms. The summed E-state index contributed by atoms with van der Waals surface area (Å²) in [5, 5.41) is 14.2. The lowest BCUT2D eigenvalue weighted by Gasteiger charge is -2.10. The lowest BCUT2D eigenvalue weighted by Crippen LogP contribution is -2.16. The third-order valence-electron chi connectivity index (χ3n) is 4.83. The van der Waals surface area contributed by atoms with Crippen molar-refractivity contribution in [1.29, 1.82) is 0 Å². The Balaban J connectivity index is 1.85. The van der Waals surface area contributed by atoms with Gasteiger partial charge in [-0.3, -0.25) is 0 Å². The van der Waals surface area contributed by atoms with Crippen molar-refractivity contribution in [3.8, 4) is 11.1 Å². The van der Waals surface area contributed by atoms with Crippen molar-refractivity contribution in [3.63, 3.8) is 0 Å². The minimum absolute atomic E-state index is 0.174. The average molecular weight is 532 g/mol. The fourth-order valence-corrected chi connectivity index (χ4v) is 4.60. The van der Waals surface area contributed by atoms with E-state index in [1.807, 2.05) is 55.5 Å². The maximum atomic E-state index is 12.6. The fourth-order valence-electron chi connectivity index (χ4n) is 3.32. The van der Waals surface area contributed by atoms with Crippen LogP contribution in [-0.4, -0.2) is 32.4 Å². The molecular formula is C23H20BrClN4O2S. The molecule has 0 aliphatic heterocycles. The Kier molecular flexibility index (Phi) is 7.13. The van der Waals surface area contributed by atoms with Gasteiger partial charge < -0.3 is 4.74 Å². The molecule has 0 atom stereocenters. The number of esters is 1. The van der Waals surface area contributed by atoms with Gasteiger partial charge in [0.15, 0.2) is 11.3 Å². The van der Waals surface area contributed by atoms with Crippen molar-refractivity contribution in [2.45, 2.75) is 30.9 Å². The van der Waals surface area contributed by atoms with E-state index in [1.165, 1.54) is 0 Å². The second-order valence-electron chi connectivity index (χ2n) is 6.88. The van der Waals surface area contributed by atoms with Gasteiger partial charge in [-0.15, -0.1) is 22.0 Å². The van der Waals surface area contributed by atoms with Crippen molar-refractivity contribution >= 4 is 50.9 Å². The lowest BCUT2D eigenvalue weighted by molar-refractivity contribution is 0.0516. The van der Waals surface area contributed by atoms with E-state index in [0.29, 0.717) is 28.5 Å². The number of hydrogen-bond acceptors (Lipinski definition) is 6. The Morgan fingerprint density at radius 2 is 1.81 bits per heavy atom. The lowest BCUT2D eigenvalue weighted by atomic mass is 10.0. The molecule has 32 heavy (non-hydrogen) atoms. The molecule has 0 saturated heterocycles. The number of hydrogen-bond donors (Lipinski definition) is 0. The van der Waals surface area contributed by atoms with Gasteiger partial charge >= 0.3 is 5.97 Å². The molecule has 6 nitrogen and oxygen atoms in total. The first kappa shape index (κ1) is 22.8. The van der Waals surface area contributed by atoms with Gasteiger partial charge in [-0.25, -0.2) is 9.31 Å². The van der Waals surface area contributed by atoms with Crippen LogP contribution in [0.1, 0.15) is 35.7 Å². The molecule has 0 fully saturated rings. The van der Waals surface area contributed by atoms with Gasteiger partial charge in [0.1, 0.15) is 0 Å². The summed E-state index contributed by atoms with van der Waals surface area (Å²) in [6.07, 6.45) is 0.716. The molecule has 9 heteroatoms. The number of benzene rings is 2. The summed E-state index contributed by atoms with van der Waals surface area (Å²) < 4.78 is 7.96. The predicted molar refractivity (Wildman–Crippen MR) is 130 cm³/mol. The minimum atomic E-state index is -0.507. The number of thioether (sulfide) groups is 1. The molecule has 0 radical (unpaired) electrons. The first-order valence-electron chi connectivity index (χ1n) is 10.1. The number of aromatic nitrogens is 4. The van der Waals surface area contributed by atoms with Gasteiger partial charge in [-0.2, -0.15) is 5.10 Å². The third kappa shape index (κ3) is 4.67. The van der Waals surface area contributed by atoms with E-state index in [4.69, 9.17) is 21.4 Å². The molecule has 0 unspecified atom stereocenters. The topological polar surface area (TPSA) is 69.4 Å². The molecular weight excluding hydrogens is 512 g/mol. The maximum Gasteiger partial charge on any atom is 0.360 e. The largest absolute Gasteiger partial charge is 0.461 e. The quantitative estimate of drug-likeness (QED) is 0.208. The molecule has 164 valence electrons. The molecule has 0 aliphatic carbocycles. The molecule has 0 aliphatic rings. The molecule has 0 saturated carbocycles. The number of fused-ring (bicyclic) bond motifs is 1. The number of carbonyl (C=O) groups is 1. The molecule has 0 bridgehead atoms. The van der Waals surface area contributed by atoms with Gasteiger partial charge in [0.25, 0.3) is 0 Å². The molecule has 0 amide bonds. The van der Waals surface area contributed by atoms with Crippen LogP contribution in [0, 0.1) is 0 Å². The normalized spacial score (nSPS) is 11.1. The maximum absolute atomic E-state index is 12.6. The Bertz CT molecular complexity index is 1260. The zero-order valence-corrected chi connectivity index (χ0v) is 20.7. The highest BCUT2D eigenvalue weighted by Gasteiger charge is 2.24. The highest BCUT2D eigenvalue weighted by Crippen LogP contribution is 2.32. The van der Waals surface area contributed by atoms with Crippen LogP contribution >= 0.6 is 39.3 Å². The summed E-state index contributed by atoms with van der Waals surface area (Å²) in [7, 11) is 0. The molecule has 4 aromatic rings. The van der Waals surface area contributed by atoms with E-state index in [2.05, 4.69) is 26.1 Å². The number of carbonyl (C=O) groups excluding carboxylic acids is 1. The summed E-state index contributed by atoms with van der Waals surface area (Å²) in [5.74, 6) is -0.0424. The predicted octanol–water partition coefficient (Wildman–Crippen LogP) is 6.24.